The van der Waals surface area contributed by atoms with Gasteiger partial charge in [0.25, 0.3) is 0 Å². The van der Waals surface area contributed by atoms with Crippen molar-refractivity contribution in [3.63, 3.8) is 0 Å². The molecule has 0 heterocycles. The van der Waals surface area contributed by atoms with Crippen molar-refractivity contribution in [3.05, 3.63) is 22.8 Å². The predicted octanol–water partition coefficient (Wildman–Crippen LogP) is 2.79. The lowest BCUT2D eigenvalue weighted by atomic mass is 10.0. The van der Waals surface area contributed by atoms with Gasteiger partial charge in [-0.15, -0.1) is 0 Å². The number of benzene rings is 1. The molecule has 0 saturated carbocycles. The fourth-order valence-electron chi connectivity index (χ4n) is 2.27. The highest BCUT2D eigenvalue weighted by atomic mass is 16.5. The lowest BCUT2D eigenvalue weighted by Gasteiger charge is -2.26. The Bertz CT molecular complexity index is 413. The fraction of sp³-hybridized carbons (Fsp3) is 0.600. The van der Waals surface area contributed by atoms with Gasteiger partial charge in [0.2, 0.25) is 0 Å². The summed E-state index contributed by atoms with van der Waals surface area (Å²) in [7, 11) is 3.84. The molecule has 1 atom stereocenters. The Labute approximate surface area is 111 Å². The van der Waals surface area contributed by atoms with E-state index in [1.807, 2.05) is 6.92 Å². The first-order valence-electron chi connectivity index (χ1n) is 6.50. The number of rotatable bonds is 5. The van der Waals surface area contributed by atoms with Gasteiger partial charge in [0.1, 0.15) is 5.75 Å². The molecule has 18 heavy (non-hydrogen) atoms. The summed E-state index contributed by atoms with van der Waals surface area (Å²) in [5.74, 6) is 0.986. The average molecular weight is 250 g/mol. The van der Waals surface area contributed by atoms with Crippen molar-refractivity contribution >= 4 is 5.69 Å². The molecule has 2 N–H and O–H groups in total. The van der Waals surface area contributed by atoms with Crippen molar-refractivity contribution in [1.29, 1.82) is 0 Å². The summed E-state index contributed by atoms with van der Waals surface area (Å²) in [6, 6.07) is 2.44. The van der Waals surface area contributed by atoms with E-state index in [9.17, 15) is 0 Å². The third kappa shape index (κ3) is 3.16. The molecule has 0 amide bonds. The molecule has 1 rings (SSSR count). The van der Waals surface area contributed by atoms with Gasteiger partial charge in [0, 0.05) is 19.6 Å². The molecule has 1 unspecified atom stereocenters. The monoisotopic (exact) mass is 250 g/mol. The van der Waals surface area contributed by atoms with Crippen LogP contribution in [0, 0.1) is 20.8 Å². The number of anilines is 1. The molecule has 3 heteroatoms. The van der Waals surface area contributed by atoms with E-state index >= 15 is 0 Å². The Morgan fingerprint density at radius 1 is 1.28 bits per heavy atom. The van der Waals surface area contributed by atoms with Crippen molar-refractivity contribution in [2.24, 2.45) is 5.73 Å². The van der Waals surface area contributed by atoms with Gasteiger partial charge in [0.05, 0.1) is 12.8 Å². The van der Waals surface area contributed by atoms with Crippen LogP contribution in [-0.2, 0) is 0 Å². The maximum absolute atomic E-state index is 5.82. The van der Waals surface area contributed by atoms with Crippen molar-refractivity contribution in [1.82, 2.24) is 0 Å². The first kappa shape index (κ1) is 14.8. The average Bonchev–Trinajstić information content (AvgIpc) is 2.30. The third-order valence-corrected chi connectivity index (χ3v) is 3.46. The molecule has 0 aliphatic heterocycles. The summed E-state index contributed by atoms with van der Waals surface area (Å²) in [4.78, 5) is 2.24. The quantitative estimate of drug-likeness (QED) is 0.873. The van der Waals surface area contributed by atoms with E-state index < -0.39 is 0 Å². The zero-order valence-corrected chi connectivity index (χ0v) is 12.5. The number of ether oxygens (including phenoxy) is 1. The van der Waals surface area contributed by atoms with Crippen molar-refractivity contribution in [2.75, 3.05) is 25.6 Å². The summed E-state index contributed by atoms with van der Waals surface area (Å²) in [5, 5.41) is 0. The van der Waals surface area contributed by atoms with Gasteiger partial charge in [-0.25, -0.2) is 0 Å². The van der Waals surface area contributed by atoms with Gasteiger partial charge in [-0.05, 0) is 50.8 Å². The number of hydrogen-bond acceptors (Lipinski definition) is 3. The van der Waals surface area contributed by atoms with Crippen LogP contribution in [0.5, 0.6) is 5.75 Å². The van der Waals surface area contributed by atoms with Crippen LogP contribution in [0.2, 0.25) is 0 Å². The lowest BCUT2D eigenvalue weighted by Crippen LogP contribution is -2.26. The molecule has 1 aromatic carbocycles. The SMILES string of the molecule is COc1c(C)c(C)cc(C)c1N(C)CCC(C)N. The smallest absolute Gasteiger partial charge is 0.145 e. The molecule has 3 nitrogen and oxygen atoms in total. The zero-order chi connectivity index (χ0) is 13.9. The second-order valence-corrected chi connectivity index (χ2v) is 5.20. The Hall–Kier alpha value is -1.22. The minimum Gasteiger partial charge on any atom is -0.494 e. The first-order chi connectivity index (χ1) is 8.38. The predicted molar refractivity (Wildman–Crippen MR) is 78.7 cm³/mol. The largest absolute Gasteiger partial charge is 0.494 e. The third-order valence-electron chi connectivity index (χ3n) is 3.46. The van der Waals surface area contributed by atoms with Crippen molar-refractivity contribution in [2.45, 2.75) is 40.2 Å². The number of methoxy groups -OCH3 is 1. The summed E-state index contributed by atoms with van der Waals surface area (Å²) in [5.41, 5.74) is 10.7. The van der Waals surface area contributed by atoms with Gasteiger partial charge in [-0.1, -0.05) is 6.07 Å². The van der Waals surface area contributed by atoms with E-state index in [1.54, 1.807) is 7.11 Å². The summed E-state index contributed by atoms with van der Waals surface area (Å²) in [6.45, 7) is 9.34. The van der Waals surface area contributed by atoms with Crippen LogP contribution in [0.4, 0.5) is 5.69 Å². The van der Waals surface area contributed by atoms with E-state index in [0.29, 0.717) is 0 Å². The molecule has 102 valence electrons. The topological polar surface area (TPSA) is 38.5 Å². The summed E-state index contributed by atoms with van der Waals surface area (Å²) < 4.78 is 5.59. The van der Waals surface area contributed by atoms with E-state index in [1.165, 1.54) is 22.4 Å². The van der Waals surface area contributed by atoms with Gasteiger partial charge in [-0.3, -0.25) is 0 Å². The van der Waals surface area contributed by atoms with E-state index in [4.69, 9.17) is 10.5 Å². The molecule has 0 spiro atoms. The Morgan fingerprint density at radius 3 is 2.39 bits per heavy atom. The van der Waals surface area contributed by atoms with Gasteiger partial charge in [-0.2, -0.15) is 0 Å². The number of nitrogens with two attached hydrogens (primary N) is 1. The Morgan fingerprint density at radius 2 is 1.89 bits per heavy atom. The lowest BCUT2D eigenvalue weighted by molar-refractivity contribution is 0.411. The van der Waals surface area contributed by atoms with Crippen LogP contribution in [-0.4, -0.2) is 26.7 Å². The molecule has 0 fully saturated rings. The zero-order valence-electron chi connectivity index (χ0n) is 12.5. The molecule has 0 aromatic heterocycles. The van der Waals surface area contributed by atoms with Crippen molar-refractivity contribution in [3.8, 4) is 5.75 Å². The number of aryl methyl sites for hydroxylation is 2. The highest BCUT2D eigenvalue weighted by Gasteiger charge is 2.15. The minimum absolute atomic E-state index is 0.227. The van der Waals surface area contributed by atoms with E-state index in [-0.39, 0.29) is 6.04 Å². The number of hydrogen-bond donors (Lipinski definition) is 1. The van der Waals surface area contributed by atoms with Crippen LogP contribution in [0.15, 0.2) is 6.07 Å². The maximum Gasteiger partial charge on any atom is 0.145 e. The highest BCUT2D eigenvalue weighted by Crippen LogP contribution is 2.36. The molecule has 1 aromatic rings. The first-order valence-corrected chi connectivity index (χ1v) is 6.50. The molecular formula is C15H26N2O. The molecule has 0 radical (unpaired) electrons. The standard InChI is InChI=1S/C15H26N2O/c1-10-9-11(2)14(15(18-6)13(10)4)17(5)8-7-12(3)16/h9,12H,7-8,16H2,1-6H3. The number of nitrogens with zero attached hydrogens (tertiary/aromatic N) is 1. The minimum atomic E-state index is 0.227. The second kappa shape index (κ2) is 6.10. The summed E-state index contributed by atoms with van der Waals surface area (Å²) >= 11 is 0. The van der Waals surface area contributed by atoms with E-state index in [2.05, 4.69) is 38.8 Å². The maximum atomic E-state index is 5.82. The molecule has 0 bridgehead atoms. The molecular weight excluding hydrogens is 224 g/mol. The van der Waals surface area contributed by atoms with Crippen molar-refractivity contribution < 1.29 is 4.74 Å². The second-order valence-electron chi connectivity index (χ2n) is 5.20. The van der Waals surface area contributed by atoms with Crippen LogP contribution < -0.4 is 15.4 Å². The van der Waals surface area contributed by atoms with Gasteiger partial charge in [0.15, 0.2) is 0 Å². The normalized spacial score (nSPS) is 12.4. The van der Waals surface area contributed by atoms with Gasteiger partial charge < -0.3 is 15.4 Å². The highest BCUT2D eigenvalue weighted by molar-refractivity contribution is 5.67. The summed E-state index contributed by atoms with van der Waals surface area (Å²) in [6.07, 6.45) is 0.978. The fourth-order valence-corrected chi connectivity index (χ4v) is 2.27. The van der Waals surface area contributed by atoms with Crippen LogP contribution in [0.25, 0.3) is 0 Å². The Kier molecular flexibility index (Phi) is 5.03. The van der Waals surface area contributed by atoms with Crippen LogP contribution in [0.3, 0.4) is 0 Å². The molecule has 0 aliphatic rings. The van der Waals surface area contributed by atoms with Gasteiger partial charge >= 0.3 is 0 Å². The Balaban J connectivity index is 3.10. The molecule has 0 saturated heterocycles. The molecule has 0 aliphatic carbocycles. The van der Waals surface area contributed by atoms with E-state index in [0.717, 1.165) is 18.7 Å². The van der Waals surface area contributed by atoms with Crippen LogP contribution >= 0.6 is 0 Å². The van der Waals surface area contributed by atoms with Crippen LogP contribution in [0.1, 0.15) is 30.0 Å².